The largest absolute Gasteiger partial charge is 0.394 e. The SMILES string of the molecule is C=C(CCC1(O)O[C@H]2C[C@H]3[C@@H]4CCC5C[C@H](O)C[C@@H](O[C@@H]6O[C@H](C)[C@H](O)[C@H](O)[C@H]6O[C@@H]6O[C@@H](C)[C@H](O)[C@@H](O)[C@H]6O)[C@]5(C)[C@H]4CC[C@]3(C)[C@H]2[C@@H]1C)CO[C@@H]1O[C@H](CO)[C@@H](O)[C@H](O)[C@H]1O. The first kappa shape index (κ1) is 48.5. The van der Waals surface area contributed by atoms with Gasteiger partial charge < -0.3 is 89.3 Å². The van der Waals surface area contributed by atoms with Crippen LogP contribution in [0.15, 0.2) is 12.2 Å². The predicted octanol–water partition coefficient (Wildman–Crippen LogP) is -0.833. The Hall–Kier alpha value is -0.980. The average molecular weight is 903 g/mol. The van der Waals surface area contributed by atoms with Gasteiger partial charge in [-0.05, 0) is 99.2 Å². The van der Waals surface area contributed by atoms with E-state index in [1.165, 1.54) is 6.92 Å². The normalized spacial score (nSPS) is 56.9. The van der Waals surface area contributed by atoms with Gasteiger partial charge in [0.15, 0.2) is 24.7 Å². The molecular weight excluding hydrogens is 828 g/mol. The number of fused-ring (bicyclic) bond motifs is 7. The third kappa shape index (κ3) is 8.30. The van der Waals surface area contributed by atoms with E-state index in [0.717, 1.165) is 32.1 Å². The minimum absolute atomic E-state index is 0.0427. The molecular formula is C45H74O18. The molecule has 0 radical (unpaired) electrons. The molecule has 63 heavy (non-hydrogen) atoms. The van der Waals surface area contributed by atoms with Gasteiger partial charge in [0.2, 0.25) is 0 Å². The van der Waals surface area contributed by atoms with E-state index in [1.807, 2.05) is 0 Å². The monoisotopic (exact) mass is 902 g/mol. The highest BCUT2D eigenvalue weighted by molar-refractivity contribution is 5.16. The summed E-state index contributed by atoms with van der Waals surface area (Å²) in [4.78, 5) is 0. The lowest BCUT2D eigenvalue weighted by atomic mass is 9.43. The van der Waals surface area contributed by atoms with Crippen molar-refractivity contribution in [3.63, 3.8) is 0 Å². The van der Waals surface area contributed by atoms with Crippen molar-refractivity contribution >= 4 is 0 Å². The molecule has 4 aliphatic carbocycles. The molecule has 0 bridgehead atoms. The van der Waals surface area contributed by atoms with Gasteiger partial charge in [0, 0.05) is 18.8 Å². The lowest BCUT2D eigenvalue weighted by Gasteiger charge is -2.63. The molecule has 362 valence electrons. The molecule has 4 saturated heterocycles. The molecule has 0 spiro atoms. The van der Waals surface area contributed by atoms with Crippen LogP contribution in [-0.2, 0) is 33.2 Å². The van der Waals surface area contributed by atoms with Crippen molar-refractivity contribution in [1.82, 2.24) is 0 Å². The van der Waals surface area contributed by atoms with E-state index in [2.05, 4.69) is 27.4 Å². The fourth-order valence-corrected chi connectivity index (χ4v) is 14.0. The van der Waals surface area contributed by atoms with Crippen molar-refractivity contribution in [1.29, 1.82) is 0 Å². The highest BCUT2D eigenvalue weighted by Crippen LogP contribution is 2.71. The van der Waals surface area contributed by atoms with Crippen LogP contribution in [0.1, 0.15) is 92.4 Å². The zero-order valence-electron chi connectivity index (χ0n) is 37.1. The molecule has 0 amide bonds. The molecule has 4 heterocycles. The van der Waals surface area contributed by atoms with Crippen LogP contribution in [0.4, 0.5) is 0 Å². The molecule has 11 N–H and O–H groups in total. The summed E-state index contributed by atoms with van der Waals surface area (Å²) < 4.78 is 42.7. The van der Waals surface area contributed by atoms with E-state index in [4.69, 9.17) is 33.2 Å². The maximum atomic E-state index is 12.1. The van der Waals surface area contributed by atoms with E-state index in [1.54, 1.807) is 6.92 Å². The van der Waals surface area contributed by atoms with Crippen LogP contribution in [0.25, 0.3) is 0 Å². The Morgan fingerprint density at radius 3 is 2.05 bits per heavy atom. The number of hydrogen-bond acceptors (Lipinski definition) is 18. The van der Waals surface area contributed by atoms with E-state index in [9.17, 15) is 56.2 Å². The summed E-state index contributed by atoms with van der Waals surface area (Å²) in [6.45, 7) is 13.3. The molecule has 0 aromatic rings. The molecule has 8 aliphatic rings. The van der Waals surface area contributed by atoms with Crippen molar-refractivity contribution in [2.75, 3.05) is 13.2 Å². The summed E-state index contributed by atoms with van der Waals surface area (Å²) in [6, 6.07) is 0. The van der Waals surface area contributed by atoms with Gasteiger partial charge in [-0.25, -0.2) is 0 Å². The second-order valence-electron chi connectivity index (χ2n) is 21.1. The average Bonchev–Trinajstić information content (AvgIpc) is 3.68. The maximum absolute atomic E-state index is 12.1. The summed E-state index contributed by atoms with van der Waals surface area (Å²) >= 11 is 0. The first-order valence-electron chi connectivity index (χ1n) is 23.3. The molecule has 8 fully saturated rings. The summed E-state index contributed by atoms with van der Waals surface area (Å²) in [6.07, 6.45) is -15.5. The van der Waals surface area contributed by atoms with Gasteiger partial charge in [-0.15, -0.1) is 0 Å². The quantitative estimate of drug-likeness (QED) is 0.113. The predicted molar refractivity (Wildman–Crippen MR) is 218 cm³/mol. The van der Waals surface area contributed by atoms with Gasteiger partial charge in [0.1, 0.15) is 61.0 Å². The Labute approximate surface area is 369 Å². The van der Waals surface area contributed by atoms with Gasteiger partial charge in [-0.1, -0.05) is 32.9 Å². The van der Waals surface area contributed by atoms with E-state index >= 15 is 0 Å². The van der Waals surface area contributed by atoms with Gasteiger partial charge in [-0.3, -0.25) is 0 Å². The third-order valence-electron chi connectivity index (χ3n) is 17.7. The summed E-state index contributed by atoms with van der Waals surface area (Å²) in [7, 11) is 0. The zero-order chi connectivity index (χ0) is 45.7. The minimum Gasteiger partial charge on any atom is -0.394 e. The third-order valence-corrected chi connectivity index (χ3v) is 17.7. The standard InChI is InChI=1S/C45H74O18/c1-18(17-57-40-37(54)35(52)33(50)28(16-46)60-40)9-12-45(56)19(2)30-27(63-45)15-26-24-8-7-22-13-23(47)14-29(44(22,6)25(24)10-11-43(26,30)5)61-42-39(36(53)32(49)21(4)59-42)62-41-38(55)34(51)31(48)20(3)58-41/h19-42,46-56H,1,7-17H2,2-6H3/t19-,20-,21+,22?,23-,24+,25-,26-,27-,28+,29+,30-,31-,32-,33+,34+,35-,36-,37+,38+,39+,40+,41-,42-,43-,44-,45?/m0/s1. The van der Waals surface area contributed by atoms with Crippen LogP contribution in [0, 0.1) is 46.3 Å². The summed E-state index contributed by atoms with van der Waals surface area (Å²) in [5.41, 5.74) is 0.0754. The Balaban J connectivity index is 0.941. The summed E-state index contributed by atoms with van der Waals surface area (Å²) in [5, 5.41) is 117. The zero-order valence-corrected chi connectivity index (χ0v) is 37.1. The number of rotatable bonds is 11. The van der Waals surface area contributed by atoms with E-state index < -0.39 is 122 Å². The molecule has 0 aromatic carbocycles. The van der Waals surface area contributed by atoms with Crippen molar-refractivity contribution in [3.05, 3.63) is 12.2 Å². The molecule has 4 saturated carbocycles. The van der Waals surface area contributed by atoms with Crippen molar-refractivity contribution < 1.29 is 89.3 Å². The highest BCUT2D eigenvalue weighted by atomic mass is 16.8. The first-order chi connectivity index (χ1) is 29.6. The highest BCUT2D eigenvalue weighted by Gasteiger charge is 2.69. The first-order valence-corrected chi connectivity index (χ1v) is 23.3. The Bertz CT molecular complexity index is 1610. The van der Waals surface area contributed by atoms with Crippen molar-refractivity contribution in [2.24, 2.45) is 46.3 Å². The number of hydrogen-bond donors (Lipinski definition) is 11. The van der Waals surface area contributed by atoms with Gasteiger partial charge >= 0.3 is 0 Å². The van der Waals surface area contributed by atoms with Crippen LogP contribution in [0.2, 0.25) is 0 Å². The van der Waals surface area contributed by atoms with E-state index in [0.29, 0.717) is 36.7 Å². The smallest absolute Gasteiger partial charge is 0.187 e. The van der Waals surface area contributed by atoms with Gasteiger partial charge in [0.05, 0.1) is 43.7 Å². The molecule has 2 unspecified atom stereocenters. The second-order valence-corrected chi connectivity index (χ2v) is 21.1. The second kappa shape index (κ2) is 18.2. The Kier molecular flexibility index (Phi) is 14.0. The van der Waals surface area contributed by atoms with Crippen LogP contribution in [0.3, 0.4) is 0 Å². The summed E-state index contributed by atoms with van der Waals surface area (Å²) in [5.74, 6) is -0.540. The maximum Gasteiger partial charge on any atom is 0.187 e. The molecule has 18 nitrogen and oxygen atoms in total. The van der Waals surface area contributed by atoms with Crippen molar-refractivity contribution in [3.8, 4) is 0 Å². The van der Waals surface area contributed by atoms with Crippen LogP contribution in [0.5, 0.6) is 0 Å². The molecule has 27 atom stereocenters. The van der Waals surface area contributed by atoms with Gasteiger partial charge in [0.25, 0.3) is 0 Å². The number of aliphatic hydroxyl groups is 11. The molecule has 0 aromatic heterocycles. The Morgan fingerprint density at radius 2 is 1.35 bits per heavy atom. The minimum atomic E-state index is -1.66. The van der Waals surface area contributed by atoms with Crippen LogP contribution in [-0.4, -0.2) is 186 Å². The van der Waals surface area contributed by atoms with Gasteiger partial charge in [-0.2, -0.15) is 0 Å². The number of ether oxygens (including phenoxy) is 7. The van der Waals surface area contributed by atoms with Crippen molar-refractivity contribution in [2.45, 2.75) is 209 Å². The number of aliphatic hydroxyl groups excluding tert-OH is 10. The molecule has 18 heteroatoms. The fraction of sp³-hybridized carbons (Fsp3) is 0.956. The van der Waals surface area contributed by atoms with Crippen LogP contribution >= 0.6 is 0 Å². The topological polar surface area (TPSA) is 287 Å². The van der Waals surface area contributed by atoms with Crippen LogP contribution < -0.4 is 0 Å². The Morgan fingerprint density at radius 1 is 0.698 bits per heavy atom. The van der Waals surface area contributed by atoms with E-state index in [-0.39, 0.29) is 48.2 Å². The lowest BCUT2D eigenvalue weighted by molar-refractivity contribution is -0.375. The fourth-order valence-electron chi connectivity index (χ4n) is 14.0. The lowest BCUT2D eigenvalue weighted by Crippen LogP contribution is -2.65. The molecule has 8 rings (SSSR count). The molecule has 4 aliphatic heterocycles.